The molecule has 3 N–H and O–H groups in total. The number of carboxylic acids is 1. The van der Waals surface area contributed by atoms with Crippen molar-refractivity contribution in [3.05, 3.63) is 28.8 Å². The summed E-state index contributed by atoms with van der Waals surface area (Å²) < 4.78 is 13.0. The van der Waals surface area contributed by atoms with Gasteiger partial charge in [0.1, 0.15) is 6.04 Å². The van der Waals surface area contributed by atoms with E-state index >= 15 is 0 Å². The maximum absolute atomic E-state index is 13.0. The average molecular weight is 219 g/mol. The van der Waals surface area contributed by atoms with Gasteiger partial charge >= 0.3 is 5.97 Å². The maximum atomic E-state index is 13.0. The molecule has 0 aliphatic heterocycles. The van der Waals surface area contributed by atoms with Crippen molar-refractivity contribution in [2.75, 3.05) is 0 Å². The summed E-state index contributed by atoms with van der Waals surface area (Å²) in [5, 5.41) is 8.75. The Balaban J connectivity index is 2.85. The van der Waals surface area contributed by atoms with E-state index in [-0.39, 0.29) is 17.0 Å². The largest absolute Gasteiger partial charge is 0.480 e. The summed E-state index contributed by atoms with van der Waals surface area (Å²) in [5.41, 5.74) is 5.33. The summed E-state index contributed by atoms with van der Waals surface area (Å²) >= 11 is 5.56. The van der Waals surface area contributed by atoms with E-state index in [1.165, 1.54) is 6.07 Å². The zero-order chi connectivity index (χ0) is 10.7. The number of rotatable bonds is 3. The van der Waals surface area contributed by atoms with Gasteiger partial charge in [-0.15, -0.1) is 0 Å². The number of hydrogen-bond donors (Lipinski definition) is 2. The molecule has 0 saturated heterocycles. The van der Waals surface area contributed by atoms with Gasteiger partial charge in [0, 0.05) is 18.2 Å². The molecule has 14 heavy (non-hydrogen) atoms. The third-order valence-corrected chi connectivity index (χ3v) is 1.84. The van der Waals surface area contributed by atoms with Crippen LogP contribution in [-0.2, 0) is 11.2 Å². The highest BCUT2D eigenvalue weighted by molar-refractivity contribution is 6.30. The molecule has 4 nitrogen and oxygen atoms in total. The van der Waals surface area contributed by atoms with Gasteiger partial charge in [-0.05, 0) is 6.07 Å². The summed E-state index contributed by atoms with van der Waals surface area (Å²) in [6.07, 6.45) is 1.02. The lowest BCUT2D eigenvalue weighted by atomic mass is 10.1. The van der Waals surface area contributed by atoms with Crippen molar-refractivity contribution in [3.63, 3.8) is 0 Å². The van der Waals surface area contributed by atoms with Crippen molar-refractivity contribution in [1.29, 1.82) is 0 Å². The second-order valence-corrected chi connectivity index (χ2v) is 3.19. The van der Waals surface area contributed by atoms with Crippen LogP contribution in [0.2, 0.25) is 5.02 Å². The molecule has 1 aromatic rings. The lowest BCUT2D eigenvalue weighted by Crippen LogP contribution is -2.32. The van der Waals surface area contributed by atoms with Crippen LogP contribution in [0.4, 0.5) is 4.39 Å². The number of halogens is 2. The molecule has 1 rings (SSSR count). The van der Waals surface area contributed by atoms with E-state index in [2.05, 4.69) is 4.98 Å². The first-order chi connectivity index (χ1) is 6.50. The SMILES string of the molecule is N[C@H](Cc1cc(Cl)cnc1F)C(=O)O. The van der Waals surface area contributed by atoms with Gasteiger partial charge < -0.3 is 10.8 Å². The van der Waals surface area contributed by atoms with Crippen molar-refractivity contribution in [1.82, 2.24) is 4.98 Å². The minimum atomic E-state index is -1.19. The highest BCUT2D eigenvalue weighted by Crippen LogP contribution is 2.13. The first-order valence-electron chi connectivity index (χ1n) is 3.79. The van der Waals surface area contributed by atoms with E-state index in [1.807, 2.05) is 0 Å². The molecule has 0 amide bonds. The zero-order valence-electron chi connectivity index (χ0n) is 7.08. The molecular weight excluding hydrogens is 211 g/mol. The zero-order valence-corrected chi connectivity index (χ0v) is 7.83. The monoisotopic (exact) mass is 218 g/mol. The van der Waals surface area contributed by atoms with Crippen LogP contribution in [0.1, 0.15) is 5.56 Å². The number of hydrogen-bond acceptors (Lipinski definition) is 3. The van der Waals surface area contributed by atoms with Crippen LogP contribution in [0.15, 0.2) is 12.3 Å². The van der Waals surface area contributed by atoms with Gasteiger partial charge in [-0.1, -0.05) is 11.6 Å². The first kappa shape index (κ1) is 10.9. The second-order valence-electron chi connectivity index (χ2n) is 2.75. The number of aliphatic carboxylic acids is 1. The van der Waals surface area contributed by atoms with E-state index in [4.69, 9.17) is 22.4 Å². The molecule has 0 unspecified atom stereocenters. The summed E-state index contributed by atoms with van der Waals surface area (Å²) in [5.74, 6) is -1.93. The molecule has 1 atom stereocenters. The molecule has 76 valence electrons. The number of carboxylic acid groups (broad SMARTS) is 1. The smallest absolute Gasteiger partial charge is 0.320 e. The molecule has 0 radical (unpaired) electrons. The lowest BCUT2D eigenvalue weighted by molar-refractivity contribution is -0.138. The van der Waals surface area contributed by atoms with E-state index < -0.39 is 18.0 Å². The van der Waals surface area contributed by atoms with Gasteiger partial charge in [0.25, 0.3) is 0 Å². The van der Waals surface area contributed by atoms with Gasteiger partial charge in [-0.2, -0.15) is 4.39 Å². The predicted octanol–water partition coefficient (Wildman–Crippen LogP) is 0.829. The summed E-state index contributed by atoms with van der Waals surface area (Å²) in [4.78, 5) is 13.7. The normalized spacial score (nSPS) is 12.5. The Kier molecular flexibility index (Phi) is 3.38. The van der Waals surface area contributed by atoms with Crippen LogP contribution in [0, 0.1) is 5.95 Å². The van der Waals surface area contributed by atoms with Gasteiger partial charge in [0.15, 0.2) is 0 Å². The van der Waals surface area contributed by atoms with Gasteiger partial charge in [-0.3, -0.25) is 4.79 Å². The number of pyridine rings is 1. The standard InChI is InChI=1S/C8H8ClFN2O2/c9-5-1-4(7(10)12-3-5)2-6(11)8(13)14/h1,3,6H,2,11H2,(H,13,14)/t6-/m1/s1. The minimum Gasteiger partial charge on any atom is -0.480 e. The van der Waals surface area contributed by atoms with Gasteiger partial charge in [0.05, 0.1) is 5.02 Å². The topological polar surface area (TPSA) is 76.2 Å². The molecule has 0 aliphatic rings. The molecule has 0 bridgehead atoms. The van der Waals surface area contributed by atoms with Crippen molar-refractivity contribution >= 4 is 17.6 Å². The third-order valence-electron chi connectivity index (χ3n) is 1.64. The Hall–Kier alpha value is -1.20. The quantitative estimate of drug-likeness (QED) is 0.737. The Morgan fingerprint density at radius 3 is 3.00 bits per heavy atom. The highest BCUT2D eigenvalue weighted by Gasteiger charge is 2.15. The maximum Gasteiger partial charge on any atom is 0.320 e. The average Bonchev–Trinajstić information content (AvgIpc) is 2.11. The van der Waals surface area contributed by atoms with Crippen LogP contribution in [0.5, 0.6) is 0 Å². The van der Waals surface area contributed by atoms with Crippen LogP contribution in [-0.4, -0.2) is 22.1 Å². The van der Waals surface area contributed by atoms with Crippen LogP contribution >= 0.6 is 11.6 Å². The molecular formula is C8H8ClFN2O2. The predicted molar refractivity (Wildman–Crippen MR) is 48.5 cm³/mol. The Morgan fingerprint density at radius 2 is 2.43 bits per heavy atom. The fourth-order valence-electron chi connectivity index (χ4n) is 0.932. The van der Waals surface area contributed by atoms with E-state index in [0.29, 0.717) is 0 Å². The molecule has 1 aromatic heterocycles. The Bertz CT molecular complexity index is 359. The highest BCUT2D eigenvalue weighted by atomic mass is 35.5. The molecule has 1 heterocycles. The molecule has 6 heteroatoms. The summed E-state index contributed by atoms with van der Waals surface area (Å²) in [6.45, 7) is 0. The third kappa shape index (κ3) is 2.65. The van der Waals surface area contributed by atoms with Crippen molar-refractivity contribution in [2.24, 2.45) is 5.73 Å². The fourth-order valence-corrected chi connectivity index (χ4v) is 1.11. The van der Waals surface area contributed by atoms with Crippen LogP contribution in [0.3, 0.4) is 0 Å². The van der Waals surface area contributed by atoms with Crippen LogP contribution < -0.4 is 5.73 Å². The van der Waals surface area contributed by atoms with E-state index in [0.717, 1.165) is 6.20 Å². The minimum absolute atomic E-state index is 0.104. The fraction of sp³-hybridized carbons (Fsp3) is 0.250. The van der Waals surface area contributed by atoms with Crippen molar-refractivity contribution < 1.29 is 14.3 Å². The Morgan fingerprint density at radius 1 is 1.79 bits per heavy atom. The second kappa shape index (κ2) is 4.34. The van der Waals surface area contributed by atoms with Crippen molar-refractivity contribution in [3.8, 4) is 0 Å². The molecule has 0 spiro atoms. The molecule has 0 fully saturated rings. The molecule has 0 saturated carbocycles. The number of carbonyl (C=O) groups is 1. The first-order valence-corrected chi connectivity index (χ1v) is 4.17. The number of nitrogens with two attached hydrogens (primary N) is 1. The summed E-state index contributed by atoms with van der Waals surface area (Å²) in [6, 6.07) is 0.164. The number of aromatic nitrogens is 1. The van der Waals surface area contributed by atoms with E-state index in [1.54, 1.807) is 0 Å². The molecule has 0 aliphatic carbocycles. The van der Waals surface area contributed by atoms with Crippen LogP contribution in [0.25, 0.3) is 0 Å². The Labute approximate surface area is 84.5 Å². The lowest BCUT2D eigenvalue weighted by Gasteiger charge is -2.06. The van der Waals surface area contributed by atoms with E-state index in [9.17, 15) is 9.18 Å². The van der Waals surface area contributed by atoms with Gasteiger partial charge in [-0.25, -0.2) is 4.98 Å². The molecule has 0 aromatic carbocycles. The number of nitrogens with zero attached hydrogens (tertiary/aromatic N) is 1. The summed E-state index contributed by atoms with van der Waals surface area (Å²) in [7, 11) is 0. The van der Waals surface area contributed by atoms with Crippen molar-refractivity contribution in [2.45, 2.75) is 12.5 Å². The van der Waals surface area contributed by atoms with Gasteiger partial charge in [0.2, 0.25) is 5.95 Å².